The molecule has 2 atom stereocenters. The first-order valence-corrected chi connectivity index (χ1v) is 11.4. The van der Waals surface area contributed by atoms with E-state index in [-0.39, 0.29) is 16.7 Å². The molecule has 0 saturated heterocycles. The summed E-state index contributed by atoms with van der Waals surface area (Å²) in [5, 5.41) is 20.6. The summed E-state index contributed by atoms with van der Waals surface area (Å²) in [5.41, 5.74) is 3.82. The van der Waals surface area contributed by atoms with Gasteiger partial charge in [0.1, 0.15) is 5.75 Å². The number of hydrogen-bond acceptors (Lipinski definition) is 5. The van der Waals surface area contributed by atoms with Crippen LogP contribution in [-0.2, 0) is 0 Å². The Balaban J connectivity index is 1.46. The summed E-state index contributed by atoms with van der Waals surface area (Å²) in [6, 6.07) is 27.2. The molecule has 0 aliphatic carbocycles. The lowest BCUT2D eigenvalue weighted by molar-refractivity contribution is -0.385. The van der Waals surface area contributed by atoms with Crippen LogP contribution in [0.4, 0.5) is 5.69 Å². The fourth-order valence-corrected chi connectivity index (χ4v) is 4.99. The van der Waals surface area contributed by atoms with E-state index < -0.39 is 6.23 Å². The van der Waals surface area contributed by atoms with Crippen molar-refractivity contribution in [2.45, 2.75) is 18.7 Å². The van der Waals surface area contributed by atoms with Crippen LogP contribution >= 0.6 is 15.9 Å². The Kier molecular flexibility index (Phi) is 4.66. The summed E-state index contributed by atoms with van der Waals surface area (Å²) < 4.78 is 7.32. The molecular weight excluding hydrogens is 482 g/mol. The van der Waals surface area contributed by atoms with Crippen molar-refractivity contribution < 1.29 is 9.66 Å². The number of rotatable bonds is 3. The highest BCUT2D eigenvalue weighted by atomic mass is 79.9. The molecule has 7 heteroatoms. The van der Waals surface area contributed by atoms with Crippen molar-refractivity contribution in [1.82, 2.24) is 5.01 Å². The fraction of sp³-hybridized carbons (Fsp3) is 0.115. The molecule has 162 valence electrons. The third kappa shape index (κ3) is 3.45. The lowest BCUT2D eigenvalue weighted by Crippen LogP contribution is -2.33. The number of fused-ring (bicyclic) bond motifs is 4. The first kappa shape index (κ1) is 19.9. The predicted molar refractivity (Wildman–Crippen MR) is 130 cm³/mol. The van der Waals surface area contributed by atoms with Gasteiger partial charge in [0.05, 0.1) is 16.7 Å². The maximum Gasteiger partial charge on any atom is 0.269 e. The van der Waals surface area contributed by atoms with Crippen LogP contribution in [0.3, 0.4) is 0 Å². The normalized spacial score (nSPS) is 18.9. The Labute approximate surface area is 198 Å². The van der Waals surface area contributed by atoms with Gasteiger partial charge in [-0.15, -0.1) is 0 Å². The minimum absolute atomic E-state index is 0.0306. The first-order chi connectivity index (χ1) is 16.1. The second-order valence-corrected chi connectivity index (χ2v) is 9.13. The van der Waals surface area contributed by atoms with Crippen LogP contribution in [0, 0.1) is 10.1 Å². The van der Waals surface area contributed by atoms with Crippen LogP contribution in [0.2, 0.25) is 0 Å². The maximum absolute atomic E-state index is 11.4. The molecule has 33 heavy (non-hydrogen) atoms. The zero-order valence-corrected chi connectivity index (χ0v) is 19.0. The summed E-state index contributed by atoms with van der Waals surface area (Å²) >= 11 is 3.57. The van der Waals surface area contributed by atoms with Crippen molar-refractivity contribution >= 4 is 38.1 Å². The van der Waals surface area contributed by atoms with Gasteiger partial charge in [-0.1, -0.05) is 64.5 Å². The van der Waals surface area contributed by atoms with Crippen molar-refractivity contribution in [3.8, 4) is 5.75 Å². The number of nitro benzene ring substituents is 1. The van der Waals surface area contributed by atoms with Gasteiger partial charge in [-0.3, -0.25) is 10.1 Å². The standard InChI is InChI=1S/C26H18BrN3O3/c27-20-10-11-25-22(14-20)24-15-23(18-9-8-16-4-1-2-5-17(16)12-18)28-29(24)26(33-25)19-6-3-7-21(13-19)30(31)32/h1-14,24,26H,15H2/t24-,26+/m1/s1. The number of ether oxygens (including phenoxy) is 1. The molecule has 0 amide bonds. The minimum atomic E-state index is -0.554. The van der Waals surface area contributed by atoms with Crippen molar-refractivity contribution in [3.63, 3.8) is 0 Å². The van der Waals surface area contributed by atoms with Crippen LogP contribution in [0.1, 0.15) is 35.4 Å². The molecule has 4 aromatic rings. The summed E-state index contributed by atoms with van der Waals surface area (Å²) in [6.45, 7) is 0. The number of halogens is 1. The van der Waals surface area contributed by atoms with Crippen LogP contribution in [0.5, 0.6) is 5.75 Å². The highest BCUT2D eigenvalue weighted by molar-refractivity contribution is 9.10. The highest BCUT2D eigenvalue weighted by Crippen LogP contribution is 2.48. The smallest absolute Gasteiger partial charge is 0.269 e. The molecule has 0 bridgehead atoms. The second-order valence-electron chi connectivity index (χ2n) is 8.21. The van der Waals surface area contributed by atoms with Gasteiger partial charge in [-0.25, -0.2) is 5.01 Å². The van der Waals surface area contributed by atoms with E-state index in [9.17, 15) is 10.1 Å². The van der Waals surface area contributed by atoms with E-state index in [1.165, 1.54) is 11.5 Å². The number of nitrogens with zero attached hydrogens (tertiary/aromatic N) is 3. The molecule has 2 aliphatic rings. The third-order valence-corrected chi connectivity index (χ3v) is 6.69. The van der Waals surface area contributed by atoms with E-state index in [0.29, 0.717) is 5.56 Å². The van der Waals surface area contributed by atoms with Crippen molar-refractivity contribution in [1.29, 1.82) is 0 Å². The highest BCUT2D eigenvalue weighted by Gasteiger charge is 2.41. The minimum Gasteiger partial charge on any atom is -0.464 e. The molecule has 2 aliphatic heterocycles. The average Bonchev–Trinajstić information content (AvgIpc) is 3.29. The van der Waals surface area contributed by atoms with Gasteiger partial charge in [0, 0.05) is 34.2 Å². The van der Waals surface area contributed by atoms with Gasteiger partial charge in [0.2, 0.25) is 6.23 Å². The van der Waals surface area contributed by atoms with E-state index in [1.54, 1.807) is 12.1 Å². The zero-order valence-electron chi connectivity index (χ0n) is 17.4. The van der Waals surface area contributed by atoms with Gasteiger partial charge in [-0.2, -0.15) is 5.10 Å². The SMILES string of the molecule is O=[N+]([O-])c1cccc([C@@H]2Oc3ccc(Br)cc3[C@H]3CC(c4ccc5ccccc5c4)=NN32)c1. The lowest BCUT2D eigenvalue weighted by atomic mass is 9.95. The molecule has 4 aromatic carbocycles. The fourth-order valence-electron chi connectivity index (χ4n) is 4.61. The molecule has 0 radical (unpaired) electrons. The Hall–Kier alpha value is -3.71. The molecule has 0 aromatic heterocycles. The van der Waals surface area contributed by atoms with E-state index in [0.717, 1.165) is 38.9 Å². The van der Waals surface area contributed by atoms with Gasteiger partial charge in [0.25, 0.3) is 5.69 Å². The van der Waals surface area contributed by atoms with E-state index in [4.69, 9.17) is 9.84 Å². The van der Waals surface area contributed by atoms with Gasteiger partial charge < -0.3 is 4.74 Å². The number of benzene rings is 4. The Morgan fingerprint density at radius 1 is 0.970 bits per heavy atom. The van der Waals surface area contributed by atoms with Gasteiger partial charge in [-0.05, 0) is 40.6 Å². The Bertz CT molecular complexity index is 1450. The maximum atomic E-state index is 11.4. The Morgan fingerprint density at radius 3 is 2.67 bits per heavy atom. The summed E-state index contributed by atoms with van der Waals surface area (Å²) in [7, 11) is 0. The second kappa shape index (κ2) is 7.71. The third-order valence-electron chi connectivity index (χ3n) is 6.20. The molecule has 0 fully saturated rings. The lowest BCUT2D eigenvalue weighted by Gasteiger charge is -2.38. The van der Waals surface area contributed by atoms with E-state index in [1.807, 2.05) is 35.3 Å². The zero-order chi connectivity index (χ0) is 22.5. The van der Waals surface area contributed by atoms with Crippen molar-refractivity contribution in [2.75, 3.05) is 0 Å². The topological polar surface area (TPSA) is 68.0 Å². The Morgan fingerprint density at radius 2 is 1.82 bits per heavy atom. The summed E-state index contributed by atoms with van der Waals surface area (Å²) in [6.07, 6.45) is 0.165. The quantitative estimate of drug-likeness (QED) is 0.231. The average molecular weight is 500 g/mol. The van der Waals surface area contributed by atoms with Gasteiger partial charge in [0.15, 0.2) is 0 Å². The molecule has 0 saturated carbocycles. The molecule has 6 nitrogen and oxygen atoms in total. The van der Waals surface area contributed by atoms with Crippen LogP contribution in [-0.4, -0.2) is 15.6 Å². The first-order valence-electron chi connectivity index (χ1n) is 10.6. The molecule has 2 heterocycles. The summed E-state index contributed by atoms with van der Waals surface area (Å²) in [5.74, 6) is 0.769. The largest absolute Gasteiger partial charge is 0.464 e. The van der Waals surface area contributed by atoms with Gasteiger partial charge >= 0.3 is 0 Å². The number of nitro groups is 1. The molecular formula is C26H18BrN3O3. The van der Waals surface area contributed by atoms with Crippen LogP contribution in [0.15, 0.2) is 94.5 Å². The molecule has 6 rings (SSSR count). The number of non-ortho nitro benzene ring substituents is 1. The molecule has 0 unspecified atom stereocenters. The van der Waals surface area contributed by atoms with Crippen molar-refractivity contribution in [2.24, 2.45) is 5.10 Å². The number of hydrazone groups is 1. The van der Waals surface area contributed by atoms with E-state index >= 15 is 0 Å². The van der Waals surface area contributed by atoms with E-state index in [2.05, 4.69) is 52.3 Å². The molecule has 0 spiro atoms. The predicted octanol–water partition coefficient (Wildman–Crippen LogP) is 6.75. The van der Waals surface area contributed by atoms with Crippen LogP contribution in [0.25, 0.3) is 10.8 Å². The number of hydrogen-bond donors (Lipinski definition) is 0. The monoisotopic (exact) mass is 499 g/mol. The molecule has 0 N–H and O–H groups in total. The summed E-state index contributed by atoms with van der Waals surface area (Å²) in [4.78, 5) is 11.0. The van der Waals surface area contributed by atoms with Crippen LogP contribution < -0.4 is 4.74 Å². The van der Waals surface area contributed by atoms with Crippen molar-refractivity contribution in [3.05, 3.63) is 116 Å².